The zero-order chi connectivity index (χ0) is 25.6. The van der Waals surface area contributed by atoms with Gasteiger partial charge in [-0.3, -0.25) is 14.5 Å². The summed E-state index contributed by atoms with van der Waals surface area (Å²) >= 11 is 0. The van der Waals surface area contributed by atoms with E-state index >= 15 is 0 Å². The first-order valence-corrected chi connectivity index (χ1v) is 11.5. The molecule has 13 heteroatoms. The Kier molecular flexibility index (Phi) is 7.82. The molecule has 0 aliphatic rings. The summed E-state index contributed by atoms with van der Waals surface area (Å²) in [6.45, 7) is 1.69. The summed E-state index contributed by atoms with van der Waals surface area (Å²) in [5, 5.41) is 12.7. The third-order valence-electron chi connectivity index (χ3n) is 4.37. The molecule has 1 heterocycles. The third kappa shape index (κ3) is 7.07. The van der Waals surface area contributed by atoms with E-state index in [0.29, 0.717) is 0 Å². The highest BCUT2D eigenvalue weighted by Crippen LogP contribution is 2.31. The molecule has 3 rings (SSSR count). The molecule has 0 fully saturated rings. The molecule has 186 valence electrons. The van der Waals surface area contributed by atoms with E-state index in [4.69, 9.17) is 4.74 Å². The monoisotopic (exact) mass is 511 g/mol. The summed E-state index contributed by atoms with van der Waals surface area (Å²) in [5.41, 5.74) is 0.224. The maximum Gasteiger partial charge on any atom is 0.573 e. The van der Waals surface area contributed by atoms with Crippen LogP contribution in [-0.4, -0.2) is 37.4 Å². The number of carbonyl (C=O) groups excluding carboxylic acids is 1. The number of aliphatic hydroxyl groups excluding tert-OH is 1. The third-order valence-corrected chi connectivity index (χ3v) is 5.79. The fourth-order valence-electron chi connectivity index (χ4n) is 2.94. The maximum atomic E-state index is 12.9. The van der Waals surface area contributed by atoms with Crippen molar-refractivity contribution in [3.05, 3.63) is 72.6 Å². The molecule has 35 heavy (non-hydrogen) atoms. The van der Waals surface area contributed by atoms with E-state index in [1.54, 1.807) is 13.0 Å². The fourth-order valence-corrected chi connectivity index (χ4v) is 4.12. The molecule has 2 aromatic carbocycles. The standard InChI is InChI=1S/C22H20F3N3O6S/c1-2-33-18-12-15(27-21(30)20(29)14-5-4-10-26-13-14)8-9-19(18)35(31,32)28-16-6-3-7-17(11-16)34-22(23,24)25/h3-13,20,28-29H,2H2,1H3,(H,27,30). The molecule has 0 saturated heterocycles. The molecule has 1 aromatic heterocycles. The van der Waals surface area contributed by atoms with Gasteiger partial charge in [-0.1, -0.05) is 12.1 Å². The van der Waals surface area contributed by atoms with E-state index in [9.17, 15) is 31.5 Å². The Hall–Kier alpha value is -3.84. The van der Waals surface area contributed by atoms with Crippen molar-refractivity contribution in [2.24, 2.45) is 0 Å². The number of hydrogen-bond donors (Lipinski definition) is 3. The van der Waals surface area contributed by atoms with Gasteiger partial charge < -0.3 is 19.9 Å². The van der Waals surface area contributed by atoms with Gasteiger partial charge in [-0.05, 0) is 37.3 Å². The molecular weight excluding hydrogens is 491 g/mol. The number of pyridine rings is 1. The summed E-state index contributed by atoms with van der Waals surface area (Å²) < 4.78 is 74.6. The summed E-state index contributed by atoms with van der Waals surface area (Å²) in [5.74, 6) is -1.51. The number of rotatable bonds is 9. The Bertz CT molecular complexity index is 1290. The predicted molar refractivity (Wildman–Crippen MR) is 119 cm³/mol. The minimum absolute atomic E-state index is 0.0765. The second-order valence-electron chi connectivity index (χ2n) is 6.95. The first-order chi connectivity index (χ1) is 16.5. The lowest BCUT2D eigenvalue weighted by atomic mass is 10.1. The zero-order valence-electron chi connectivity index (χ0n) is 18.1. The predicted octanol–water partition coefficient (Wildman–Crippen LogP) is 3.85. The van der Waals surface area contributed by atoms with E-state index in [0.717, 1.165) is 18.2 Å². The van der Waals surface area contributed by atoms with Crippen LogP contribution in [0, 0.1) is 0 Å². The number of sulfonamides is 1. The molecule has 3 N–H and O–H groups in total. The van der Waals surface area contributed by atoms with Crippen molar-refractivity contribution in [3.8, 4) is 11.5 Å². The van der Waals surface area contributed by atoms with Gasteiger partial charge in [0.25, 0.3) is 15.9 Å². The number of halogens is 3. The Labute approximate surface area is 198 Å². The van der Waals surface area contributed by atoms with Crippen LogP contribution in [0.25, 0.3) is 0 Å². The highest BCUT2D eigenvalue weighted by molar-refractivity contribution is 7.92. The number of aromatic nitrogens is 1. The molecule has 0 bridgehead atoms. The topological polar surface area (TPSA) is 127 Å². The number of ether oxygens (including phenoxy) is 2. The van der Waals surface area contributed by atoms with Gasteiger partial charge >= 0.3 is 6.36 Å². The quantitative estimate of drug-likeness (QED) is 0.398. The minimum Gasteiger partial charge on any atom is -0.492 e. The van der Waals surface area contributed by atoms with Crippen molar-refractivity contribution in [3.63, 3.8) is 0 Å². The number of carbonyl (C=O) groups is 1. The van der Waals surface area contributed by atoms with Crippen LogP contribution in [0.15, 0.2) is 71.9 Å². The van der Waals surface area contributed by atoms with Gasteiger partial charge in [0.05, 0.1) is 12.3 Å². The van der Waals surface area contributed by atoms with Gasteiger partial charge in [-0.15, -0.1) is 13.2 Å². The Morgan fingerprint density at radius 2 is 1.89 bits per heavy atom. The molecule has 3 aromatic rings. The lowest BCUT2D eigenvalue weighted by Gasteiger charge is -2.16. The molecule has 0 spiro atoms. The van der Waals surface area contributed by atoms with Crippen LogP contribution >= 0.6 is 0 Å². The average Bonchev–Trinajstić information content (AvgIpc) is 2.78. The molecule has 0 radical (unpaired) electrons. The smallest absolute Gasteiger partial charge is 0.492 e. The first kappa shape index (κ1) is 25.8. The molecule has 9 nitrogen and oxygen atoms in total. The van der Waals surface area contributed by atoms with Crippen molar-refractivity contribution in [2.45, 2.75) is 24.3 Å². The van der Waals surface area contributed by atoms with Crippen molar-refractivity contribution in [1.82, 2.24) is 4.98 Å². The van der Waals surface area contributed by atoms with Gasteiger partial charge in [0.2, 0.25) is 0 Å². The highest BCUT2D eigenvalue weighted by Gasteiger charge is 2.31. The molecule has 1 amide bonds. The molecule has 1 unspecified atom stereocenters. The summed E-state index contributed by atoms with van der Waals surface area (Å²) in [6, 6.07) is 11.1. The maximum absolute atomic E-state index is 12.9. The van der Waals surface area contributed by atoms with Gasteiger partial charge in [0.1, 0.15) is 16.4 Å². The van der Waals surface area contributed by atoms with E-state index in [1.807, 2.05) is 0 Å². The Morgan fingerprint density at radius 3 is 2.54 bits per heavy atom. The number of alkyl halides is 3. The van der Waals surface area contributed by atoms with Crippen LogP contribution in [0.1, 0.15) is 18.6 Å². The SMILES string of the molecule is CCOc1cc(NC(=O)C(O)c2cccnc2)ccc1S(=O)(=O)Nc1cccc(OC(F)(F)F)c1. The number of nitrogens with one attached hydrogen (secondary N) is 2. The number of benzene rings is 2. The largest absolute Gasteiger partial charge is 0.573 e. The molecular formula is C22H20F3N3O6S. The molecule has 0 saturated carbocycles. The summed E-state index contributed by atoms with van der Waals surface area (Å²) in [4.78, 5) is 15.9. The van der Waals surface area contributed by atoms with E-state index in [1.165, 1.54) is 42.7 Å². The fraction of sp³-hybridized carbons (Fsp3) is 0.182. The van der Waals surface area contributed by atoms with Gasteiger partial charge in [-0.25, -0.2) is 8.42 Å². The van der Waals surface area contributed by atoms with E-state index in [2.05, 4.69) is 19.8 Å². The average molecular weight is 511 g/mol. The minimum atomic E-state index is -4.94. The normalized spacial score (nSPS) is 12.5. The van der Waals surface area contributed by atoms with Crippen LogP contribution < -0.4 is 19.5 Å². The van der Waals surface area contributed by atoms with Gasteiger partial charge in [0.15, 0.2) is 6.10 Å². The second-order valence-corrected chi connectivity index (χ2v) is 8.60. The lowest BCUT2D eigenvalue weighted by Crippen LogP contribution is -2.21. The second kappa shape index (κ2) is 10.6. The molecule has 1 atom stereocenters. The van der Waals surface area contributed by atoms with Crippen LogP contribution in [0.4, 0.5) is 24.5 Å². The van der Waals surface area contributed by atoms with E-state index in [-0.39, 0.29) is 34.2 Å². The lowest BCUT2D eigenvalue weighted by molar-refractivity contribution is -0.274. The van der Waals surface area contributed by atoms with Crippen LogP contribution in [0.2, 0.25) is 0 Å². The number of aliphatic hydroxyl groups is 1. The summed E-state index contributed by atoms with van der Waals surface area (Å²) in [6.07, 6.45) is -3.65. The zero-order valence-corrected chi connectivity index (χ0v) is 18.9. The number of anilines is 2. The Balaban J connectivity index is 1.82. The van der Waals surface area contributed by atoms with Crippen molar-refractivity contribution in [1.29, 1.82) is 0 Å². The molecule has 0 aliphatic heterocycles. The number of nitrogens with zero attached hydrogens (tertiary/aromatic N) is 1. The van der Waals surface area contributed by atoms with Crippen molar-refractivity contribution >= 4 is 27.3 Å². The number of amides is 1. The van der Waals surface area contributed by atoms with Crippen LogP contribution in [-0.2, 0) is 14.8 Å². The van der Waals surface area contributed by atoms with Crippen molar-refractivity contribution in [2.75, 3.05) is 16.6 Å². The van der Waals surface area contributed by atoms with Crippen molar-refractivity contribution < 1.29 is 41.0 Å². The number of hydrogen-bond acceptors (Lipinski definition) is 7. The van der Waals surface area contributed by atoms with Crippen LogP contribution in [0.3, 0.4) is 0 Å². The van der Waals surface area contributed by atoms with Gasteiger partial charge in [-0.2, -0.15) is 0 Å². The molecule has 0 aliphatic carbocycles. The van der Waals surface area contributed by atoms with E-state index < -0.39 is 34.1 Å². The first-order valence-electron chi connectivity index (χ1n) is 10.0. The highest BCUT2D eigenvalue weighted by atomic mass is 32.2. The Morgan fingerprint density at radius 1 is 1.11 bits per heavy atom. The van der Waals surface area contributed by atoms with Crippen LogP contribution in [0.5, 0.6) is 11.5 Å². The van der Waals surface area contributed by atoms with Gasteiger partial charge in [0, 0.05) is 35.8 Å². The summed E-state index contributed by atoms with van der Waals surface area (Å²) in [7, 11) is -4.31.